The summed E-state index contributed by atoms with van der Waals surface area (Å²) in [5.74, 6) is 0.242. The minimum absolute atomic E-state index is 0.0665. The van der Waals surface area contributed by atoms with Gasteiger partial charge in [0.1, 0.15) is 16.2 Å². The average molecular weight is 390 g/mol. The Hall–Kier alpha value is -1.63. The average Bonchev–Trinajstić information content (AvgIpc) is 2.99. The van der Waals surface area contributed by atoms with Crippen LogP contribution < -0.4 is 5.32 Å². The summed E-state index contributed by atoms with van der Waals surface area (Å²) in [5.41, 5.74) is 2.10. The molecule has 0 saturated heterocycles. The fourth-order valence-corrected chi connectivity index (χ4v) is 5.38. The van der Waals surface area contributed by atoms with E-state index in [2.05, 4.69) is 15.3 Å². The second-order valence-corrected chi connectivity index (χ2v) is 8.40. The topological polar surface area (TPSA) is 54.9 Å². The Morgan fingerprint density at radius 3 is 3.04 bits per heavy atom. The zero-order chi connectivity index (χ0) is 17.2. The van der Waals surface area contributed by atoms with Gasteiger partial charge in [0.25, 0.3) is 0 Å². The van der Waals surface area contributed by atoms with Crippen LogP contribution in [0.1, 0.15) is 23.3 Å². The monoisotopic (exact) mass is 389 g/mol. The minimum atomic E-state index is -0.0665. The van der Waals surface area contributed by atoms with Crippen LogP contribution in [0.2, 0.25) is 5.02 Å². The third kappa shape index (κ3) is 3.66. The molecule has 0 radical (unpaired) electrons. The molecular formula is C18H16ClN3OS2. The van der Waals surface area contributed by atoms with Crippen molar-refractivity contribution >= 4 is 56.5 Å². The number of hydrogen-bond donors (Lipinski definition) is 1. The number of thiophene rings is 1. The summed E-state index contributed by atoms with van der Waals surface area (Å²) >= 11 is 9.19. The summed E-state index contributed by atoms with van der Waals surface area (Å²) in [4.78, 5) is 23.6. The second-order valence-electron chi connectivity index (χ2n) is 5.92. The molecule has 1 aliphatic rings. The normalized spacial score (nSPS) is 13.6. The van der Waals surface area contributed by atoms with Crippen molar-refractivity contribution in [2.24, 2.45) is 0 Å². The van der Waals surface area contributed by atoms with Gasteiger partial charge in [-0.3, -0.25) is 4.79 Å². The number of nitrogens with one attached hydrogen (secondary N) is 1. The van der Waals surface area contributed by atoms with Gasteiger partial charge < -0.3 is 5.32 Å². The molecule has 0 unspecified atom stereocenters. The van der Waals surface area contributed by atoms with Gasteiger partial charge in [-0.2, -0.15) is 0 Å². The molecule has 0 spiro atoms. The summed E-state index contributed by atoms with van der Waals surface area (Å²) in [6, 6.07) is 7.16. The Morgan fingerprint density at radius 2 is 2.16 bits per heavy atom. The summed E-state index contributed by atoms with van der Waals surface area (Å²) in [6.07, 6.45) is 6.28. The standard InChI is InChI=1S/C18H16ClN3OS2/c19-11-4-3-5-12(8-11)22-15(23)9-24-17-16-13-6-1-2-7-14(13)25-18(16)21-10-20-17/h3-5,8,10H,1-2,6-7,9H2,(H,22,23). The summed E-state index contributed by atoms with van der Waals surface area (Å²) < 4.78 is 0. The first-order valence-corrected chi connectivity index (χ1v) is 10.3. The molecule has 2 heterocycles. The number of carbonyl (C=O) groups is 1. The summed E-state index contributed by atoms with van der Waals surface area (Å²) in [6.45, 7) is 0. The highest BCUT2D eigenvalue weighted by atomic mass is 35.5. The quantitative estimate of drug-likeness (QED) is 0.506. The lowest BCUT2D eigenvalue weighted by atomic mass is 9.97. The number of aryl methyl sites for hydroxylation is 2. The number of halogens is 1. The number of amides is 1. The maximum absolute atomic E-state index is 12.2. The number of carbonyl (C=O) groups excluding carboxylic acids is 1. The van der Waals surface area contributed by atoms with E-state index >= 15 is 0 Å². The van der Waals surface area contributed by atoms with E-state index < -0.39 is 0 Å². The first-order valence-electron chi connectivity index (χ1n) is 8.14. The van der Waals surface area contributed by atoms with Crippen LogP contribution in [0.25, 0.3) is 10.2 Å². The smallest absolute Gasteiger partial charge is 0.234 e. The van der Waals surface area contributed by atoms with Crippen LogP contribution in [0.15, 0.2) is 35.6 Å². The molecule has 4 rings (SSSR count). The van der Waals surface area contributed by atoms with Crippen LogP contribution >= 0.6 is 34.7 Å². The highest BCUT2D eigenvalue weighted by Crippen LogP contribution is 2.39. The molecule has 4 nitrogen and oxygen atoms in total. The zero-order valence-corrected chi connectivity index (χ0v) is 15.8. The van der Waals surface area contributed by atoms with Gasteiger partial charge in [0.2, 0.25) is 5.91 Å². The highest BCUT2D eigenvalue weighted by Gasteiger charge is 2.20. The second kappa shape index (κ2) is 7.32. The summed E-state index contributed by atoms with van der Waals surface area (Å²) in [5, 5.41) is 5.54. The van der Waals surface area contributed by atoms with E-state index in [1.807, 2.05) is 12.1 Å². The van der Waals surface area contributed by atoms with E-state index in [1.165, 1.54) is 35.0 Å². The number of fused-ring (bicyclic) bond motifs is 3. The van der Waals surface area contributed by atoms with Gasteiger partial charge in [0.05, 0.1) is 5.75 Å². The lowest BCUT2D eigenvalue weighted by Crippen LogP contribution is -2.14. The van der Waals surface area contributed by atoms with Crippen molar-refractivity contribution in [3.05, 3.63) is 46.1 Å². The highest BCUT2D eigenvalue weighted by molar-refractivity contribution is 8.00. The molecule has 0 fully saturated rings. The van der Waals surface area contributed by atoms with Crippen molar-refractivity contribution < 1.29 is 4.79 Å². The fourth-order valence-electron chi connectivity index (χ4n) is 3.07. The van der Waals surface area contributed by atoms with Crippen LogP contribution in [0.4, 0.5) is 5.69 Å². The molecule has 0 aliphatic heterocycles. The maximum Gasteiger partial charge on any atom is 0.234 e. The molecule has 2 aromatic heterocycles. The number of benzene rings is 1. The van der Waals surface area contributed by atoms with E-state index in [4.69, 9.17) is 11.6 Å². The van der Waals surface area contributed by atoms with Crippen molar-refractivity contribution in [2.45, 2.75) is 30.7 Å². The summed E-state index contributed by atoms with van der Waals surface area (Å²) in [7, 11) is 0. The Balaban J connectivity index is 1.51. The number of aromatic nitrogens is 2. The van der Waals surface area contributed by atoms with Crippen LogP contribution in [0, 0.1) is 0 Å². The predicted octanol–water partition coefficient (Wildman–Crippen LogP) is 4.95. The third-order valence-corrected chi connectivity index (χ3v) is 6.59. The van der Waals surface area contributed by atoms with Gasteiger partial charge >= 0.3 is 0 Å². The van der Waals surface area contributed by atoms with Crippen molar-refractivity contribution in [2.75, 3.05) is 11.1 Å². The maximum atomic E-state index is 12.2. The molecule has 3 aromatic rings. The van der Waals surface area contributed by atoms with Crippen molar-refractivity contribution in [1.29, 1.82) is 0 Å². The minimum Gasteiger partial charge on any atom is -0.325 e. The van der Waals surface area contributed by atoms with Gasteiger partial charge in [0, 0.05) is 21.0 Å². The number of thioether (sulfide) groups is 1. The van der Waals surface area contributed by atoms with Gasteiger partial charge in [-0.1, -0.05) is 29.4 Å². The Bertz CT molecular complexity index is 941. The molecule has 128 valence electrons. The number of hydrogen-bond acceptors (Lipinski definition) is 5. The van der Waals surface area contributed by atoms with E-state index in [9.17, 15) is 4.79 Å². The molecule has 7 heteroatoms. The van der Waals surface area contributed by atoms with Gasteiger partial charge in [-0.25, -0.2) is 9.97 Å². The molecule has 1 N–H and O–H groups in total. The Kier molecular flexibility index (Phi) is 4.92. The molecule has 1 aromatic carbocycles. The third-order valence-electron chi connectivity index (χ3n) is 4.16. The predicted molar refractivity (Wildman–Crippen MR) is 105 cm³/mol. The van der Waals surface area contributed by atoms with E-state index in [0.717, 1.165) is 28.1 Å². The zero-order valence-electron chi connectivity index (χ0n) is 13.4. The molecule has 0 saturated carbocycles. The molecule has 25 heavy (non-hydrogen) atoms. The van der Waals surface area contributed by atoms with Crippen LogP contribution in [-0.2, 0) is 17.6 Å². The Morgan fingerprint density at radius 1 is 1.28 bits per heavy atom. The number of nitrogens with zero attached hydrogens (tertiary/aromatic N) is 2. The van der Waals surface area contributed by atoms with E-state index in [1.54, 1.807) is 29.8 Å². The van der Waals surface area contributed by atoms with Crippen molar-refractivity contribution in [1.82, 2.24) is 9.97 Å². The largest absolute Gasteiger partial charge is 0.325 e. The molecule has 0 atom stereocenters. The van der Waals surface area contributed by atoms with E-state index in [0.29, 0.717) is 16.5 Å². The first kappa shape index (κ1) is 16.8. The van der Waals surface area contributed by atoms with Crippen molar-refractivity contribution in [3.63, 3.8) is 0 Å². The van der Waals surface area contributed by atoms with Crippen LogP contribution in [0.3, 0.4) is 0 Å². The van der Waals surface area contributed by atoms with Crippen LogP contribution in [-0.4, -0.2) is 21.6 Å². The van der Waals surface area contributed by atoms with Gasteiger partial charge in [-0.15, -0.1) is 11.3 Å². The SMILES string of the molecule is O=C(CSc1ncnc2sc3c(c12)CCCC3)Nc1cccc(Cl)c1. The number of rotatable bonds is 4. The molecule has 0 bridgehead atoms. The molecule has 1 aliphatic carbocycles. The Labute approximate surface area is 159 Å². The molecular weight excluding hydrogens is 374 g/mol. The van der Waals surface area contributed by atoms with Crippen molar-refractivity contribution in [3.8, 4) is 0 Å². The van der Waals surface area contributed by atoms with Crippen LogP contribution in [0.5, 0.6) is 0 Å². The lowest BCUT2D eigenvalue weighted by molar-refractivity contribution is -0.113. The fraction of sp³-hybridized carbons (Fsp3) is 0.278. The van der Waals surface area contributed by atoms with E-state index in [-0.39, 0.29) is 5.91 Å². The van der Waals surface area contributed by atoms with Gasteiger partial charge in [-0.05, 0) is 49.4 Å². The first-order chi connectivity index (χ1) is 12.2. The lowest BCUT2D eigenvalue weighted by Gasteiger charge is -2.11. The number of anilines is 1. The molecule has 1 amide bonds. The van der Waals surface area contributed by atoms with Gasteiger partial charge in [0.15, 0.2) is 0 Å².